The molecule has 0 heterocycles. The van der Waals surface area contributed by atoms with E-state index in [1.165, 1.54) is 392 Å². The molecule has 6 nitrogen and oxygen atoms in total. The molecular formula is C86H165NO5. The zero-order valence-corrected chi connectivity index (χ0v) is 62.6. The van der Waals surface area contributed by atoms with Gasteiger partial charge in [-0.25, -0.2) is 0 Å². The van der Waals surface area contributed by atoms with E-state index in [-0.39, 0.29) is 18.5 Å². The van der Waals surface area contributed by atoms with E-state index < -0.39 is 12.1 Å². The third kappa shape index (κ3) is 77.1. The van der Waals surface area contributed by atoms with Crippen molar-refractivity contribution in [1.82, 2.24) is 5.32 Å². The minimum atomic E-state index is -0.663. The number of nitrogens with one attached hydrogen (secondary N) is 1. The Kier molecular flexibility index (Phi) is 79.8. The molecule has 0 fully saturated rings. The lowest BCUT2D eigenvalue weighted by Crippen LogP contribution is -2.45. The summed E-state index contributed by atoms with van der Waals surface area (Å²) in [5.41, 5.74) is 0. The van der Waals surface area contributed by atoms with Gasteiger partial charge >= 0.3 is 5.97 Å². The molecule has 92 heavy (non-hydrogen) atoms. The zero-order chi connectivity index (χ0) is 66.3. The van der Waals surface area contributed by atoms with E-state index in [9.17, 15) is 19.8 Å². The summed E-state index contributed by atoms with van der Waals surface area (Å²) in [5.74, 6) is -0.0167. The molecule has 0 spiro atoms. The highest BCUT2D eigenvalue weighted by Crippen LogP contribution is 2.20. The van der Waals surface area contributed by atoms with Gasteiger partial charge in [0.1, 0.15) is 0 Å². The van der Waals surface area contributed by atoms with Crippen LogP contribution in [0.2, 0.25) is 0 Å². The molecule has 0 radical (unpaired) electrons. The second kappa shape index (κ2) is 81.5. The van der Waals surface area contributed by atoms with Gasteiger partial charge in [-0.3, -0.25) is 9.59 Å². The van der Waals surface area contributed by atoms with Crippen LogP contribution in [-0.4, -0.2) is 47.4 Å². The predicted octanol–water partition coefficient (Wildman–Crippen LogP) is 28.2. The van der Waals surface area contributed by atoms with Gasteiger partial charge in [-0.15, -0.1) is 0 Å². The van der Waals surface area contributed by atoms with Crippen molar-refractivity contribution in [3.63, 3.8) is 0 Å². The van der Waals surface area contributed by atoms with Crippen LogP contribution in [0.5, 0.6) is 0 Å². The Morgan fingerprint density at radius 2 is 0.543 bits per heavy atom. The summed E-state index contributed by atoms with van der Waals surface area (Å²) in [6.45, 7) is 4.98. The number of aliphatic hydroxyl groups excluding tert-OH is 2. The van der Waals surface area contributed by atoms with Gasteiger partial charge < -0.3 is 20.3 Å². The molecule has 0 aliphatic heterocycles. The first-order valence-electron chi connectivity index (χ1n) is 42.2. The van der Waals surface area contributed by atoms with Gasteiger partial charge in [-0.1, -0.05) is 416 Å². The van der Waals surface area contributed by atoms with E-state index in [0.29, 0.717) is 25.9 Å². The molecule has 2 atom stereocenters. The molecule has 0 aliphatic carbocycles. The molecular weight excluding hydrogens is 1130 g/mol. The molecule has 0 rings (SSSR count). The first kappa shape index (κ1) is 90.1. The summed E-state index contributed by atoms with van der Waals surface area (Å²) in [7, 11) is 0. The van der Waals surface area contributed by atoms with Crippen molar-refractivity contribution >= 4 is 11.9 Å². The Balaban J connectivity index is 3.34. The van der Waals surface area contributed by atoms with Crippen molar-refractivity contribution in [3.05, 3.63) is 36.5 Å². The van der Waals surface area contributed by atoms with Crippen LogP contribution in [-0.2, 0) is 14.3 Å². The molecule has 0 aromatic carbocycles. The van der Waals surface area contributed by atoms with Crippen LogP contribution in [0.1, 0.15) is 476 Å². The summed E-state index contributed by atoms with van der Waals surface area (Å²) in [6.07, 6.45) is 107. The van der Waals surface area contributed by atoms with Crippen LogP contribution in [0.3, 0.4) is 0 Å². The van der Waals surface area contributed by atoms with Crippen LogP contribution in [0.4, 0.5) is 0 Å². The van der Waals surface area contributed by atoms with Gasteiger partial charge in [0.2, 0.25) is 5.91 Å². The van der Waals surface area contributed by atoms with Crippen molar-refractivity contribution in [2.75, 3.05) is 13.2 Å². The van der Waals surface area contributed by atoms with E-state index in [4.69, 9.17) is 4.74 Å². The van der Waals surface area contributed by atoms with Gasteiger partial charge in [-0.05, 0) is 83.5 Å². The third-order valence-electron chi connectivity index (χ3n) is 19.9. The number of amides is 1. The summed E-state index contributed by atoms with van der Waals surface area (Å²) in [4.78, 5) is 24.7. The Bertz CT molecular complexity index is 1490. The number of unbranched alkanes of at least 4 members (excludes halogenated alkanes) is 63. The number of carbonyl (C=O) groups excluding carboxylic acids is 2. The molecule has 0 bridgehead atoms. The van der Waals surface area contributed by atoms with E-state index in [2.05, 4.69) is 55.6 Å². The van der Waals surface area contributed by atoms with Gasteiger partial charge in [0.05, 0.1) is 25.4 Å². The average Bonchev–Trinajstić information content (AvgIpc) is 3.61. The molecule has 0 aromatic heterocycles. The maximum absolute atomic E-state index is 12.6. The molecule has 3 N–H and O–H groups in total. The Labute approximate surface area is 576 Å². The molecule has 0 saturated heterocycles. The molecule has 0 aliphatic rings. The highest BCUT2D eigenvalue weighted by atomic mass is 16.5. The van der Waals surface area contributed by atoms with E-state index in [0.717, 1.165) is 51.4 Å². The topological polar surface area (TPSA) is 95.9 Å². The maximum atomic E-state index is 12.6. The lowest BCUT2D eigenvalue weighted by molar-refractivity contribution is -0.143. The standard InChI is InChI=1S/C86H165NO5/c1-3-5-7-9-11-13-15-17-19-21-22-23-41-44-47-50-54-58-62-66-70-74-78-84(89)83(82-88)87-85(90)79-75-71-67-63-59-55-51-48-45-42-39-37-35-33-31-29-27-25-24-26-28-30-32-34-36-38-40-43-46-49-53-57-61-65-69-73-77-81-92-86(91)80-76-72-68-64-60-56-52-20-18-16-14-12-10-8-6-4-2/h14,16,20,24,26,52,83-84,88-89H,3-13,15,17-19,21-23,25,27-51,53-82H2,1-2H3,(H,87,90)/b16-14-,26-24-,52-20-. The molecule has 2 unspecified atom stereocenters. The minimum Gasteiger partial charge on any atom is -0.466 e. The zero-order valence-electron chi connectivity index (χ0n) is 62.6. The summed E-state index contributed by atoms with van der Waals surface area (Å²) >= 11 is 0. The third-order valence-corrected chi connectivity index (χ3v) is 19.9. The van der Waals surface area contributed by atoms with E-state index in [1.807, 2.05) is 0 Å². The monoisotopic (exact) mass is 1290 g/mol. The summed E-state index contributed by atoms with van der Waals surface area (Å²) < 4.78 is 5.50. The maximum Gasteiger partial charge on any atom is 0.305 e. The molecule has 0 aromatic rings. The molecule has 0 saturated carbocycles. The number of aliphatic hydroxyl groups is 2. The molecule has 1 amide bonds. The lowest BCUT2D eigenvalue weighted by atomic mass is 10.0. The van der Waals surface area contributed by atoms with Crippen LogP contribution >= 0.6 is 0 Å². The second-order valence-electron chi connectivity index (χ2n) is 29.2. The van der Waals surface area contributed by atoms with Crippen molar-refractivity contribution < 1.29 is 24.5 Å². The number of hydrogen-bond acceptors (Lipinski definition) is 5. The Morgan fingerprint density at radius 1 is 0.304 bits per heavy atom. The average molecular weight is 1290 g/mol. The van der Waals surface area contributed by atoms with Gasteiger partial charge in [-0.2, -0.15) is 0 Å². The fourth-order valence-electron chi connectivity index (χ4n) is 13.5. The van der Waals surface area contributed by atoms with Crippen LogP contribution in [0.15, 0.2) is 36.5 Å². The largest absolute Gasteiger partial charge is 0.466 e. The number of allylic oxidation sites excluding steroid dienone is 6. The number of ether oxygens (including phenoxy) is 1. The lowest BCUT2D eigenvalue weighted by Gasteiger charge is -2.22. The van der Waals surface area contributed by atoms with Crippen LogP contribution in [0.25, 0.3) is 0 Å². The highest BCUT2D eigenvalue weighted by molar-refractivity contribution is 5.76. The summed E-state index contributed by atoms with van der Waals surface area (Å²) in [5, 5.41) is 23.5. The summed E-state index contributed by atoms with van der Waals surface area (Å²) in [6, 6.07) is -0.540. The minimum absolute atomic E-state index is 0.00874. The van der Waals surface area contributed by atoms with Gasteiger partial charge in [0.15, 0.2) is 0 Å². The quantitative estimate of drug-likeness (QED) is 0.0320. The first-order valence-corrected chi connectivity index (χ1v) is 42.2. The Morgan fingerprint density at radius 3 is 0.848 bits per heavy atom. The molecule has 6 heteroatoms. The van der Waals surface area contributed by atoms with Gasteiger partial charge in [0, 0.05) is 12.8 Å². The van der Waals surface area contributed by atoms with Crippen LogP contribution < -0.4 is 5.32 Å². The fourth-order valence-corrected chi connectivity index (χ4v) is 13.5. The van der Waals surface area contributed by atoms with Crippen molar-refractivity contribution in [2.24, 2.45) is 0 Å². The number of esters is 1. The fraction of sp³-hybridized carbons (Fsp3) is 0.907. The molecule has 544 valence electrons. The number of hydrogen-bond donors (Lipinski definition) is 3. The highest BCUT2D eigenvalue weighted by Gasteiger charge is 2.20. The Hall–Kier alpha value is -1.92. The van der Waals surface area contributed by atoms with Crippen molar-refractivity contribution in [2.45, 2.75) is 488 Å². The SMILES string of the molecule is CCCCCC/C=C\C/C=C\CCCCCCCC(=O)OCCCCCCCCCCCCCCCCCC/C=C\CCCCCCCCCCCCCCCCCCCC(=O)NC(CO)C(O)CCCCCCCCCCCCCCCCCCCCCCCC. The normalized spacial score (nSPS) is 12.6. The van der Waals surface area contributed by atoms with Crippen molar-refractivity contribution in [3.8, 4) is 0 Å². The predicted molar refractivity (Wildman–Crippen MR) is 407 cm³/mol. The van der Waals surface area contributed by atoms with E-state index in [1.54, 1.807) is 0 Å². The van der Waals surface area contributed by atoms with Crippen LogP contribution in [0, 0.1) is 0 Å². The van der Waals surface area contributed by atoms with Gasteiger partial charge in [0.25, 0.3) is 0 Å². The smallest absolute Gasteiger partial charge is 0.305 e. The number of carbonyl (C=O) groups is 2. The van der Waals surface area contributed by atoms with Crippen molar-refractivity contribution in [1.29, 1.82) is 0 Å². The first-order chi connectivity index (χ1) is 45.5. The van der Waals surface area contributed by atoms with E-state index >= 15 is 0 Å². The second-order valence-corrected chi connectivity index (χ2v) is 29.2. The number of rotatable bonds is 80.